The fourth-order valence-electron chi connectivity index (χ4n) is 3.45. The second-order valence-electron chi connectivity index (χ2n) is 6.80. The van der Waals surface area contributed by atoms with Gasteiger partial charge in [-0.05, 0) is 43.4 Å². The summed E-state index contributed by atoms with van der Waals surface area (Å²) in [6, 6.07) is 14.5. The number of hydrogen-bond acceptors (Lipinski definition) is 6. The van der Waals surface area contributed by atoms with Gasteiger partial charge in [-0.3, -0.25) is 4.90 Å². The van der Waals surface area contributed by atoms with E-state index in [4.69, 9.17) is 21.4 Å². The molecule has 1 aliphatic rings. The molecule has 0 saturated carbocycles. The fourth-order valence-corrected chi connectivity index (χ4v) is 3.63. The average molecular weight is 415 g/mol. The van der Waals surface area contributed by atoms with Crippen LogP contribution in [0.15, 0.2) is 52.9 Å². The van der Waals surface area contributed by atoms with Crippen LogP contribution in [0.25, 0.3) is 11.5 Å². The first-order valence-electron chi connectivity index (χ1n) is 9.67. The lowest BCUT2D eigenvalue weighted by Crippen LogP contribution is -2.47. The number of nitrogens with zero attached hydrogens (tertiary/aromatic N) is 4. The SMILES string of the molecule is CCOc1ccccc1N1CCN(Cn2nc(-c3ccccc3F)oc2=S)CC1. The number of ether oxygens (including phenoxy) is 1. The topological polar surface area (TPSA) is 46.7 Å². The highest BCUT2D eigenvalue weighted by Gasteiger charge is 2.21. The van der Waals surface area contributed by atoms with E-state index < -0.39 is 0 Å². The molecule has 0 radical (unpaired) electrons. The Morgan fingerprint density at radius 3 is 2.55 bits per heavy atom. The molecule has 0 atom stereocenters. The third-order valence-corrected chi connectivity index (χ3v) is 5.22. The van der Waals surface area contributed by atoms with Crippen LogP contribution in [0, 0.1) is 10.7 Å². The van der Waals surface area contributed by atoms with Crippen LogP contribution in [0.3, 0.4) is 0 Å². The maximum Gasteiger partial charge on any atom is 0.288 e. The Balaban J connectivity index is 1.42. The Kier molecular flexibility index (Phi) is 5.92. The van der Waals surface area contributed by atoms with E-state index in [1.165, 1.54) is 6.07 Å². The molecule has 0 amide bonds. The van der Waals surface area contributed by atoms with Gasteiger partial charge < -0.3 is 14.1 Å². The quantitative estimate of drug-likeness (QED) is 0.564. The number of benzene rings is 2. The van der Waals surface area contributed by atoms with Gasteiger partial charge in [-0.2, -0.15) is 0 Å². The van der Waals surface area contributed by atoms with Crippen LogP contribution >= 0.6 is 12.2 Å². The predicted octanol–water partition coefficient (Wildman–Crippen LogP) is 4.19. The van der Waals surface area contributed by atoms with Crippen molar-refractivity contribution in [2.75, 3.05) is 37.7 Å². The lowest BCUT2D eigenvalue weighted by molar-refractivity contribution is 0.191. The van der Waals surface area contributed by atoms with Crippen molar-refractivity contribution in [3.05, 3.63) is 59.2 Å². The normalized spacial score (nSPS) is 14.9. The van der Waals surface area contributed by atoms with Crippen molar-refractivity contribution in [3.8, 4) is 17.2 Å². The van der Waals surface area contributed by atoms with E-state index in [0.717, 1.165) is 37.6 Å². The molecule has 2 heterocycles. The highest BCUT2D eigenvalue weighted by atomic mass is 32.1. The van der Waals surface area contributed by atoms with E-state index in [2.05, 4.69) is 21.0 Å². The summed E-state index contributed by atoms with van der Waals surface area (Å²) in [7, 11) is 0. The lowest BCUT2D eigenvalue weighted by Gasteiger charge is -2.36. The van der Waals surface area contributed by atoms with E-state index in [0.29, 0.717) is 18.8 Å². The number of anilines is 1. The van der Waals surface area contributed by atoms with Crippen molar-refractivity contribution >= 4 is 17.9 Å². The monoisotopic (exact) mass is 414 g/mol. The number of hydrogen-bond donors (Lipinski definition) is 0. The van der Waals surface area contributed by atoms with Gasteiger partial charge in [-0.1, -0.05) is 24.3 Å². The molecule has 1 fully saturated rings. The first kappa shape index (κ1) is 19.6. The van der Waals surface area contributed by atoms with Gasteiger partial charge in [0.15, 0.2) is 0 Å². The van der Waals surface area contributed by atoms with Gasteiger partial charge in [0.2, 0.25) is 5.89 Å². The Hall–Kier alpha value is -2.71. The maximum atomic E-state index is 14.0. The minimum Gasteiger partial charge on any atom is -0.492 e. The molecule has 2 aromatic carbocycles. The third-order valence-electron chi connectivity index (χ3n) is 4.92. The Bertz CT molecular complexity index is 1030. The number of rotatable bonds is 6. The molecular formula is C21H23FN4O2S. The van der Waals surface area contributed by atoms with Crippen molar-refractivity contribution in [1.82, 2.24) is 14.7 Å². The fraction of sp³-hybridized carbons (Fsp3) is 0.333. The predicted molar refractivity (Wildman–Crippen MR) is 112 cm³/mol. The zero-order valence-corrected chi connectivity index (χ0v) is 17.1. The summed E-state index contributed by atoms with van der Waals surface area (Å²) >= 11 is 5.29. The first-order chi connectivity index (χ1) is 14.2. The van der Waals surface area contributed by atoms with Gasteiger partial charge in [0.1, 0.15) is 11.6 Å². The number of halogens is 1. The smallest absolute Gasteiger partial charge is 0.288 e. The molecule has 152 valence electrons. The number of aromatic nitrogens is 2. The second-order valence-corrected chi connectivity index (χ2v) is 7.15. The van der Waals surface area contributed by atoms with E-state index in [-0.39, 0.29) is 16.5 Å². The summed E-state index contributed by atoms with van der Waals surface area (Å²) in [5.74, 6) is 0.742. The molecule has 29 heavy (non-hydrogen) atoms. The van der Waals surface area contributed by atoms with Crippen LogP contribution in [0.2, 0.25) is 0 Å². The highest BCUT2D eigenvalue weighted by molar-refractivity contribution is 7.71. The maximum absolute atomic E-state index is 14.0. The van der Waals surface area contributed by atoms with Crippen molar-refractivity contribution in [2.24, 2.45) is 0 Å². The molecule has 1 saturated heterocycles. The van der Waals surface area contributed by atoms with Gasteiger partial charge in [0.05, 0.1) is 24.5 Å². The molecule has 4 rings (SSSR count). The van der Waals surface area contributed by atoms with Crippen LogP contribution < -0.4 is 9.64 Å². The summed E-state index contributed by atoms with van der Waals surface area (Å²) < 4.78 is 26.9. The summed E-state index contributed by atoms with van der Waals surface area (Å²) in [5, 5.41) is 4.38. The van der Waals surface area contributed by atoms with Crippen molar-refractivity contribution in [1.29, 1.82) is 0 Å². The van der Waals surface area contributed by atoms with E-state index in [1.807, 2.05) is 25.1 Å². The molecule has 0 bridgehead atoms. The Morgan fingerprint density at radius 1 is 1.07 bits per heavy atom. The highest BCUT2D eigenvalue weighted by Crippen LogP contribution is 2.29. The molecule has 0 N–H and O–H groups in total. The van der Waals surface area contributed by atoms with Gasteiger partial charge in [-0.15, -0.1) is 5.10 Å². The first-order valence-corrected chi connectivity index (χ1v) is 10.1. The summed E-state index contributed by atoms with van der Waals surface area (Å²) in [6.45, 7) is 6.59. The number of para-hydroxylation sites is 2. The summed E-state index contributed by atoms with van der Waals surface area (Å²) in [5.41, 5.74) is 1.43. The van der Waals surface area contributed by atoms with Gasteiger partial charge in [0.25, 0.3) is 4.84 Å². The van der Waals surface area contributed by atoms with Crippen LogP contribution in [0.5, 0.6) is 5.75 Å². The molecule has 8 heteroatoms. The molecule has 3 aromatic rings. The molecule has 0 spiro atoms. The van der Waals surface area contributed by atoms with Crippen LogP contribution in [0.1, 0.15) is 6.92 Å². The van der Waals surface area contributed by atoms with E-state index in [9.17, 15) is 4.39 Å². The van der Waals surface area contributed by atoms with Gasteiger partial charge >= 0.3 is 0 Å². The zero-order chi connectivity index (χ0) is 20.2. The van der Waals surface area contributed by atoms with Crippen molar-refractivity contribution in [3.63, 3.8) is 0 Å². The summed E-state index contributed by atoms with van der Waals surface area (Å²) in [4.78, 5) is 4.82. The van der Waals surface area contributed by atoms with Crippen LogP contribution in [-0.2, 0) is 6.67 Å². The standard InChI is InChI=1S/C21H23FN4O2S/c1-2-27-19-10-6-5-9-18(19)25-13-11-24(12-14-25)15-26-21(29)28-20(23-26)16-7-3-4-8-17(16)22/h3-10H,2,11-15H2,1H3. The van der Waals surface area contributed by atoms with Crippen molar-refractivity contribution in [2.45, 2.75) is 13.6 Å². The Labute approximate surface area is 174 Å². The lowest BCUT2D eigenvalue weighted by atomic mass is 10.2. The molecule has 6 nitrogen and oxygen atoms in total. The van der Waals surface area contributed by atoms with Crippen molar-refractivity contribution < 1.29 is 13.5 Å². The van der Waals surface area contributed by atoms with E-state index >= 15 is 0 Å². The van der Waals surface area contributed by atoms with Gasteiger partial charge in [-0.25, -0.2) is 9.07 Å². The largest absolute Gasteiger partial charge is 0.492 e. The zero-order valence-electron chi connectivity index (χ0n) is 16.3. The minimum atomic E-state index is -0.377. The van der Waals surface area contributed by atoms with Gasteiger partial charge in [0, 0.05) is 26.2 Å². The minimum absolute atomic E-state index is 0.206. The molecule has 0 unspecified atom stereocenters. The summed E-state index contributed by atoms with van der Waals surface area (Å²) in [6.07, 6.45) is 0. The Morgan fingerprint density at radius 2 is 1.79 bits per heavy atom. The molecule has 1 aromatic heterocycles. The second kappa shape index (κ2) is 8.75. The molecule has 1 aliphatic heterocycles. The van der Waals surface area contributed by atoms with Crippen LogP contribution in [0.4, 0.5) is 10.1 Å². The molecule has 0 aliphatic carbocycles. The van der Waals surface area contributed by atoms with Crippen LogP contribution in [-0.4, -0.2) is 47.5 Å². The molecular weight excluding hydrogens is 391 g/mol. The average Bonchev–Trinajstić information content (AvgIpc) is 3.10. The number of piperazine rings is 1. The van der Waals surface area contributed by atoms with E-state index in [1.54, 1.807) is 22.9 Å². The third kappa shape index (κ3) is 4.33.